The summed E-state index contributed by atoms with van der Waals surface area (Å²) in [6.45, 7) is 10.7. The van der Waals surface area contributed by atoms with E-state index in [9.17, 15) is 0 Å². The zero-order valence-corrected chi connectivity index (χ0v) is 18.3. The molecule has 2 aromatic heterocycles. The van der Waals surface area contributed by atoms with Crippen molar-refractivity contribution < 1.29 is 0 Å². The van der Waals surface area contributed by atoms with E-state index in [4.69, 9.17) is 16.7 Å². The minimum atomic E-state index is 0.511. The first kappa shape index (κ1) is 20.0. The SMILES string of the molecule is C=C(Nc1c(C)cncc1Cl)c1cc2c(cc1C)c(CCC)nn2C1CCCC1. The van der Waals surface area contributed by atoms with Gasteiger partial charge in [0.15, 0.2) is 0 Å². The number of benzene rings is 1. The van der Waals surface area contributed by atoms with Crippen molar-refractivity contribution in [3.05, 3.63) is 58.5 Å². The van der Waals surface area contributed by atoms with Gasteiger partial charge in [-0.05, 0) is 56.4 Å². The number of rotatable bonds is 6. The fourth-order valence-corrected chi connectivity index (χ4v) is 4.69. The lowest BCUT2D eigenvalue weighted by Gasteiger charge is -2.17. The van der Waals surface area contributed by atoms with Gasteiger partial charge in [-0.15, -0.1) is 0 Å². The lowest BCUT2D eigenvalue weighted by molar-refractivity contribution is 0.477. The maximum atomic E-state index is 6.37. The van der Waals surface area contributed by atoms with Gasteiger partial charge in [0.05, 0.1) is 28.0 Å². The summed E-state index contributed by atoms with van der Waals surface area (Å²) in [5.74, 6) is 0. The van der Waals surface area contributed by atoms with Crippen LogP contribution in [0.3, 0.4) is 0 Å². The molecule has 4 nitrogen and oxygen atoms in total. The Balaban J connectivity index is 1.77. The molecule has 0 atom stereocenters. The molecule has 0 aliphatic heterocycles. The molecule has 1 saturated carbocycles. The Morgan fingerprint density at radius 1 is 1.21 bits per heavy atom. The summed E-state index contributed by atoms with van der Waals surface area (Å²) in [5.41, 5.74) is 7.45. The maximum absolute atomic E-state index is 6.37. The maximum Gasteiger partial charge on any atom is 0.0826 e. The van der Waals surface area contributed by atoms with Crippen molar-refractivity contribution in [3.63, 3.8) is 0 Å². The zero-order chi connectivity index (χ0) is 20.5. The van der Waals surface area contributed by atoms with Crippen molar-refractivity contribution in [2.24, 2.45) is 0 Å². The van der Waals surface area contributed by atoms with Crippen molar-refractivity contribution in [2.75, 3.05) is 5.32 Å². The summed E-state index contributed by atoms with van der Waals surface area (Å²) < 4.78 is 2.29. The first-order chi connectivity index (χ1) is 14.0. The fraction of sp³-hybridized carbons (Fsp3) is 0.417. The quantitative estimate of drug-likeness (QED) is 0.484. The molecule has 4 rings (SSSR count). The highest BCUT2D eigenvalue weighted by atomic mass is 35.5. The third-order valence-electron chi connectivity index (χ3n) is 5.98. The smallest absolute Gasteiger partial charge is 0.0826 e. The number of nitrogens with zero attached hydrogens (tertiary/aromatic N) is 3. The molecule has 2 heterocycles. The number of halogens is 1. The molecular weight excluding hydrogens is 380 g/mol. The van der Waals surface area contributed by atoms with Crippen LogP contribution in [0.5, 0.6) is 0 Å². The summed E-state index contributed by atoms with van der Waals surface area (Å²) in [4.78, 5) is 4.15. The highest BCUT2D eigenvalue weighted by Crippen LogP contribution is 2.36. The first-order valence-corrected chi connectivity index (χ1v) is 11.0. The molecule has 0 unspecified atom stereocenters. The Hall–Kier alpha value is -2.33. The van der Waals surface area contributed by atoms with Crippen LogP contribution in [0.1, 0.15) is 67.5 Å². The standard InChI is InChI=1S/C24H29ClN4/c1-5-8-22-20-11-15(2)19(12-23(20)29(28-22)18-9-6-7-10-18)17(4)27-24-16(3)13-26-14-21(24)25/h11-14,18H,4-10H2,1-3H3,(H,26,27). The van der Waals surface area contributed by atoms with Gasteiger partial charge in [-0.1, -0.05) is 44.4 Å². The van der Waals surface area contributed by atoms with Crippen LogP contribution in [0, 0.1) is 13.8 Å². The molecule has 0 radical (unpaired) electrons. The highest BCUT2D eigenvalue weighted by molar-refractivity contribution is 6.33. The first-order valence-electron chi connectivity index (χ1n) is 10.6. The van der Waals surface area contributed by atoms with E-state index in [-0.39, 0.29) is 0 Å². The molecule has 1 N–H and O–H groups in total. The lowest BCUT2D eigenvalue weighted by Crippen LogP contribution is -2.07. The second-order valence-corrected chi connectivity index (χ2v) is 8.59. The van der Waals surface area contributed by atoms with Crippen molar-refractivity contribution in [1.29, 1.82) is 0 Å². The molecular formula is C24H29ClN4. The monoisotopic (exact) mass is 408 g/mol. The minimum absolute atomic E-state index is 0.511. The Morgan fingerprint density at radius 2 is 1.97 bits per heavy atom. The molecule has 0 spiro atoms. The van der Waals surface area contributed by atoms with Gasteiger partial charge in [0, 0.05) is 29.0 Å². The van der Waals surface area contributed by atoms with Crippen LogP contribution in [-0.2, 0) is 6.42 Å². The Kier molecular flexibility index (Phi) is 5.64. The van der Waals surface area contributed by atoms with Crippen molar-refractivity contribution in [1.82, 2.24) is 14.8 Å². The lowest BCUT2D eigenvalue weighted by atomic mass is 10.0. The van der Waals surface area contributed by atoms with Crippen LogP contribution in [0.25, 0.3) is 16.6 Å². The van der Waals surface area contributed by atoms with Crippen LogP contribution in [0.2, 0.25) is 5.02 Å². The van der Waals surface area contributed by atoms with Crippen molar-refractivity contribution >= 4 is 33.9 Å². The number of pyridine rings is 1. The fourth-order valence-electron chi connectivity index (χ4n) is 4.44. The molecule has 1 aromatic carbocycles. The van der Waals surface area contributed by atoms with Gasteiger partial charge in [0.25, 0.3) is 0 Å². The molecule has 152 valence electrons. The highest BCUT2D eigenvalue weighted by Gasteiger charge is 2.22. The second kappa shape index (κ2) is 8.19. The Morgan fingerprint density at radius 3 is 2.66 bits per heavy atom. The number of nitrogens with one attached hydrogen (secondary N) is 1. The van der Waals surface area contributed by atoms with Crippen molar-refractivity contribution in [2.45, 2.75) is 65.3 Å². The van der Waals surface area contributed by atoms with Gasteiger partial charge < -0.3 is 5.32 Å². The number of hydrogen-bond donors (Lipinski definition) is 1. The van der Waals surface area contributed by atoms with Gasteiger partial charge in [0.1, 0.15) is 0 Å². The molecule has 1 aliphatic rings. The van der Waals surface area contributed by atoms with Crippen LogP contribution in [0.4, 0.5) is 5.69 Å². The number of hydrogen-bond acceptors (Lipinski definition) is 3. The van der Waals surface area contributed by atoms with E-state index in [1.807, 2.05) is 13.1 Å². The minimum Gasteiger partial charge on any atom is -0.354 e. The third kappa shape index (κ3) is 3.78. The predicted octanol–water partition coefficient (Wildman–Crippen LogP) is 6.85. The summed E-state index contributed by atoms with van der Waals surface area (Å²) in [5, 5.41) is 10.4. The number of fused-ring (bicyclic) bond motifs is 1. The summed E-state index contributed by atoms with van der Waals surface area (Å²) in [6.07, 6.45) is 10.6. The topological polar surface area (TPSA) is 42.7 Å². The van der Waals surface area contributed by atoms with Crippen LogP contribution in [0.15, 0.2) is 31.1 Å². The van der Waals surface area contributed by atoms with E-state index in [0.29, 0.717) is 11.1 Å². The van der Waals surface area contributed by atoms with Crippen LogP contribution in [-0.4, -0.2) is 14.8 Å². The summed E-state index contributed by atoms with van der Waals surface area (Å²) in [7, 11) is 0. The van der Waals surface area contributed by atoms with Gasteiger partial charge in [0.2, 0.25) is 0 Å². The van der Waals surface area contributed by atoms with E-state index < -0.39 is 0 Å². The third-order valence-corrected chi connectivity index (χ3v) is 6.26. The molecule has 1 fully saturated rings. The molecule has 29 heavy (non-hydrogen) atoms. The average Bonchev–Trinajstić information content (AvgIpc) is 3.33. The normalized spacial score (nSPS) is 14.6. The average molecular weight is 409 g/mol. The summed E-state index contributed by atoms with van der Waals surface area (Å²) in [6, 6.07) is 5.05. The molecule has 0 amide bonds. The molecule has 0 bridgehead atoms. The van der Waals surface area contributed by atoms with Gasteiger partial charge in [-0.25, -0.2) is 0 Å². The van der Waals surface area contributed by atoms with E-state index in [0.717, 1.165) is 35.4 Å². The van der Waals surface area contributed by atoms with E-state index >= 15 is 0 Å². The number of anilines is 1. The molecule has 5 heteroatoms. The predicted molar refractivity (Wildman–Crippen MR) is 123 cm³/mol. The largest absolute Gasteiger partial charge is 0.354 e. The summed E-state index contributed by atoms with van der Waals surface area (Å²) >= 11 is 6.37. The van der Waals surface area contributed by atoms with Crippen molar-refractivity contribution in [3.8, 4) is 0 Å². The Labute approximate surface area is 178 Å². The van der Waals surface area contributed by atoms with Crippen LogP contribution >= 0.6 is 11.6 Å². The number of aromatic nitrogens is 3. The van der Waals surface area contributed by atoms with Crippen LogP contribution < -0.4 is 5.32 Å². The zero-order valence-electron chi connectivity index (χ0n) is 17.6. The molecule has 3 aromatic rings. The van der Waals surface area contributed by atoms with E-state index in [1.54, 1.807) is 6.20 Å². The van der Waals surface area contributed by atoms with Gasteiger partial charge in [-0.2, -0.15) is 5.10 Å². The Bertz CT molecular complexity index is 1040. The second-order valence-electron chi connectivity index (χ2n) is 8.18. The molecule has 0 saturated heterocycles. The molecule has 1 aliphatic carbocycles. The van der Waals surface area contributed by atoms with Gasteiger partial charge in [-0.3, -0.25) is 9.67 Å². The van der Waals surface area contributed by atoms with Gasteiger partial charge >= 0.3 is 0 Å². The van der Waals surface area contributed by atoms with E-state index in [2.05, 4.69) is 47.5 Å². The van der Waals surface area contributed by atoms with E-state index in [1.165, 1.54) is 47.8 Å². The number of aryl methyl sites for hydroxylation is 3.